The number of nitrogens with two attached hydrogens (primary N) is 1. The van der Waals surface area contributed by atoms with Crippen LogP contribution in [0.5, 0.6) is 0 Å². The van der Waals surface area contributed by atoms with Gasteiger partial charge in [0, 0.05) is 40.7 Å². The number of hydrogen-bond donors (Lipinski definition) is 4. The lowest BCUT2D eigenvalue weighted by Crippen LogP contribution is -2.36. The van der Waals surface area contributed by atoms with Crippen molar-refractivity contribution < 1.29 is 18.8 Å². The highest BCUT2D eigenvalue weighted by Crippen LogP contribution is 2.46. The Bertz CT molecular complexity index is 1660. The van der Waals surface area contributed by atoms with Crippen molar-refractivity contribution in [3.05, 3.63) is 92.8 Å². The van der Waals surface area contributed by atoms with E-state index in [2.05, 4.69) is 32.8 Å². The zero-order valence-electron chi connectivity index (χ0n) is 25.6. The van der Waals surface area contributed by atoms with Crippen LogP contribution in [0, 0.1) is 17.7 Å². The normalized spacial score (nSPS) is 15.3. The molecule has 1 heterocycles. The molecule has 0 bridgehead atoms. The van der Waals surface area contributed by atoms with Gasteiger partial charge in [-0.05, 0) is 93.5 Å². The van der Waals surface area contributed by atoms with Gasteiger partial charge in [-0.3, -0.25) is 19.4 Å². The predicted molar refractivity (Wildman–Crippen MR) is 175 cm³/mol. The minimum Gasteiger partial charge on any atom is -0.402 e. The van der Waals surface area contributed by atoms with Gasteiger partial charge in [0.1, 0.15) is 5.82 Å². The van der Waals surface area contributed by atoms with E-state index in [9.17, 15) is 18.8 Å². The summed E-state index contributed by atoms with van der Waals surface area (Å²) < 4.78 is 14.8. The number of nitrogens with zero attached hydrogens (tertiary/aromatic N) is 2. The molecule has 9 nitrogen and oxygen atoms in total. The largest absolute Gasteiger partial charge is 0.402 e. The summed E-state index contributed by atoms with van der Waals surface area (Å²) in [7, 11) is 1.87. The molecule has 45 heavy (non-hydrogen) atoms. The molecule has 2 aromatic carbocycles. The number of carbonyl (C=O) groups is 3. The van der Waals surface area contributed by atoms with Crippen LogP contribution >= 0.6 is 11.3 Å². The number of thiazole rings is 1. The summed E-state index contributed by atoms with van der Waals surface area (Å²) >= 11 is 1.56. The van der Waals surface area contributed by atoms with Crippen molar-refractivity contribution in [3.8, 4) is 11.8 Å². The van der Waals surface area contributed by atoms with E-state index in [0.717, 1.165) is 35.7 Å². The number of amides is 2. The number of halogens is 1. The average Bonchev–Trinajstić information content (AvgIpc) is 3.94. The van der Waals surface area contributed by atoms with Crippen LogP contribution in [-0.2, 0) is 21.7 Å². The van der Waals surface area contributed by atoms with E-state index in [1.54, 1.807) is 48.7 Å². The van der Waals surface area contributed by atoms with Gasteiger partial charge in [-0.25, -0.2) is 9.37 Å². The van der Waals surface area contributed by atoms with Crippen LogP contribution in [-0.4, -0.2) is 48.4 Å². The number of allylic oxidation sites excluding steroid dienone is 2. The number of rotatable bonds is 10. The number of carbonyl (C=O) groups excluding carboxylic acids is 3. The van der Waals surface area contributed by atoms with Gasteiger partial charge in [-0.15, -0.1) is 11.3 Å². The number of aromatic nitrogens is 1. The molecule has 0 aliphatic heterocycles. The molecule has 234 valence electrons. The summed E-state index contributed by atoms with van der Waals surface area (Å²) in [6.45, 7) is 4.44. The Morgan fingerprint density at radius 3 is 2.58 bits per heavy atom. The predicted octanol–water partition coefficient (Wildman–Crippen LogP) is 4.09. The molecular formula is C34H37FN6O3S. The average molecular weight is 629 g/mol. The van der Waals surface area contributed by atoms with Gasteiger partial charge in [0.15, 0.2) is 5.01 Å². The van der Waals surface area contributed by atoms with Crippen molar-refractivity contribution in [1.29, 1.82) is 0 Å². The molecule has 3 aromatic rings. The number of nitrogens with one attached hydrogen (secondary N) is 3. The molecule has 5 rings (SSSR count). The first-order valence-electron chi connectivity index (χ1n) is 14.6. The SMILES string of the molecule is CC(=NC1CC1)/C(=C(/C)N)c1cc(F)cc(C2(NC(=O)c3ccccc3CNC(=O)C=O)CC2)c1.CNCC#Cc1nccs1. The Morgan fingerprint density at radius 2 is 1.96 bits per heavy atom. The lowest BCUT2D eigenvalue weighted by atomic mass is 9.94. The van der Waals surface area contributed by atoms with Crippen LogP contribution in [0.1, 0.15) is 71.6 Å². The van der Waals surface area contributed by atoms with E-state index < -0.39 is 17.3 Å². The van der Waals surface area contributed by atoms with E-state index >= 15 is 0 Å². The van der Waals surface area contributed by atoms with Crippen LogP contribution in [0.4, 0.5) is 4.39 Å². The fraction of sp³-hybridized carbons (Fsp3) is 0.324. The number of aliphatic imine (C=N–C) groups is 1. The first-order chi connectivity index (χ1) is 21.7. The van der Waals surface area contributed by atoms with Crippen LogP contribution in [0.15, 0.2) is 64.7 Å². The molecule has 0 radical (unpaired) electrons. The maximum absolute atomic E-state index is 14.8. The number of aldehydes is 1. The van der Waals surface area contributed by atoms with E-state index in [1.165, 1.54) is 12.1 Å². The van der Waals surface area contributed by atoms with Crippen LogP contribution < -0.4 is 21.7 Å². The molecule has 1 aromatic heterocycles. The van der Waals surface area contributed by atoms with Crippen LogP contribution in [0.25, 0.3) is 5.57 Å². The lowest BCUT2D eigenvalue weighted by Gasteiger charge is -2.21. The first-order valence-corrected chi connectivity index (χ1v) is 15.5. The van der Waals surface area contributed by atoms with Crippen molar-refractivity contribution in [2.45, 2.75) is 57.7 Å². The zero-order chi connectivity index (χ0) is 32.4. The Kier molecular flexibility index (Phi) is 11.4. The van der Waals surface area contributed by atoms with E-state index in [1.807, 2.05) is 25.4 Å². The standard InChI is InChI=1S/C27H29FN4O3.C7H8N2S/c1-16(29)25(17(2)31-22-7-8-22)19-11-20(13-21(28)12-19)27(9-10-27)32-26(35)23-6-4-3-5-18(23)14-30-24(34)15-33;1-8-4-2-3-7-9-5-6-10-7/h3-6,11-13,15,22H,7-10,14,29H2,1-2H3,(H,30,34)(H,32,35);5-6,8H,4H2,1H3/b25-16+,31-17?;. The fourth-order valence-corrected chi connectivity index (χ4v) is 5.29. The second-order valence-electron chi connectivity index (χ2n) is 10.9. The maximum Gasteiger partial charge on any atom is 0.284 e. The van der Waals surface area contributed by atoms with E-state index in [-0.39, 0.29) is 18.7 Å². The Balaban J connectivity index is 0.000000392. The minimum absolute atomic E-state index is 0.0435. The molecule has 2 saturated carbocycles. The molecule has 0 saturated heterocycles. The summed E-state index contributed by atoms with van der Waals surface area (Å²) in [5.41, 5.74) is 9.81. The van der Waals surface area contributed by atoms with Crippen molar-refractivity contribution in [1.82, 2.24) is 20.9 Å². The summed E-state index contributed by atoms with van der Waals surface area (Å²) in [4.78, 5) is 43.8. The topological polar surface area (TPSA) is 139 Å². The lowest BCUT2D eigenvalue weighted by molar-refractivity contribution is -0.131. The molecule has 5 N–H and O–H groups in total. The molecule has 11 heteroatoms. The van der Waals surface area contributed by atoms with Gasteiger partial charge >= 0.3 is 0 Å². The van der Waals surface area contributed by atoms with Gasteiger partial charge in [-0.1, -0.05) is 24.1 Å². The van der Waals surface area contributed by atoms with Gasteiger partial charge in [0.2, 0.25) is 6.29 Å². The molecule has 2 amide bonds. The Labute approximate surface area is 266 Å². The van der Waals surface area contributed by atoms with Crippen LogP contribution in [0.3, 0.4) is 0 Å². The Hall–Kier alpha value is -4.66. The zero-order valence-corrected chi connectivity index (χ0v) is 26.4. The molecular weight excluding hydrogens is 591 g/mol. The molecule has 2 aliphatic rings. The number of benzene rings is 2. The second-order valence-corrected chi connectivity index (χ2v) is 11.8. The van der Waals surface area contributed by atoms with Crippen LogP contribution in [0.2, 0.25) is 0 Å². The minimum atomic E-state index is -0.759. The van der Waals surface area contributed by atoms with Crippen molar-refractivity contribution in [2.75, 3.05) is 13.6 Å². The quantitative estimate of drug-likeness (QED) is 0.116. The van der Waals surface area contributed by atoms with Crippen molar-refractivity contribution >= 4 is 40.7 Å². The van der Waals surface area contributed by atoms with Gasteiger partial charge in [-0.2, -0.15) is 0 Å². The van der Waals surface area contributed by atoms with E-state index in [4.69, 9.17) is 10.7 Å². The highest BCUT2D eigenvalue weighted by atomic mass is 32.1. The maximum atomic E-state index is 14.8. The second kappa shape index (κ2) is 15.4. The molecule has 2 fully saturated rings. The third-order valence-electron chi connectivity index (χ3n) is 7.24. The summed E-state index contributed by atoms with van der Waals surface area (Å²) in [6, 6.07) is 11.9. The molecule has 0 atom stereocenters. The van der Waals surface area contributed by atoms with E-state index in [0.29, 0.717) is 46.8 Å². The monoisotopic (exact) mass is 628 g/mol. The summed E-state index contributed by atoms with van der Waals surface area (Å²) in [5.74, 6) is 4.34. The smallest absolute Gasteiger partial charge is 0.284 e. The fourth-order valence-electron chi connectivity index (χ4n) is 4.78. The van der Waals surface area contributed by atoms with Crippen molar-refractivity contribution in [2.24, 2.45) is 10.7 Å². The van der Waals surface area contributed by atoms with Gasteiger partial charge in [0.05, 0.1) is 18.1 Å². The molecule has 0 unspecified atom stereocenters. The van der Waals surface area contributed by atoms with Gasteiger partial charge < -0.3 is 21.7 Å². The van der Waals surface area contributed by atoms with Crippen molar-refractivity contribution in [3.63, 3.8) is 0 Å². The van der Waals surface area contributed by atoms with Gasteiger partial charge in [0.25, 0.3) is 11.8 Å². The molecule has 0 spiro atoms. The highest BCUT2D eigenvalue weighted by Gasteiger charge is 2.46. The number of hydrogen-bond acceptors (Lipinski definition) is 8. The Morgan fingerprint density at radius 1 is 1.20 bits per heavy atom. The molecule has 2 aliphatic carbocycles. The summed E-state index contributed by atoms with van der Waals surface area (Å²) in [5, 5.41) is 11.3. The third kappa shape index (κ3) is 9.41. The summed E-state index contributed by atoms with van der Waals surface area (Å²) in [6.07, 6.45) is 5.39. The highest BCUT2D eigenvalue weighted by molar-refractivity contribution is 7.10. The first kappa shape index (κ1) is 33.2. The third-order valence-corrected chi connectivity index (χ3v) is 7.92.